The van der Waals surface area contributed by atoms with Crippen molar-refractivity contribution in [2.45, 2.75) is 12.3 Å². The van der Waals surface area contributed by atoms with Crippen molar-refractivity contribution in [2.24, 2.45) is 0 Å². The summed E-state index contributed by atoms with van der Waals surface area (Å²) in [5.74, 6) is 1.04. The van der Waals surface area contributed by atoms with Crippen molar-refractivity contribution in [3.8, 4) is 23.1 Å². The van der Waals surface area contributed by atoms with Crippen molar-refractivity contribution >= 4 is 17.8 Å². The van der Waals surface area contributed by atoms with E-state index in [9.17, 15) is 9.59 Å². The van der Waals surface area contributed by atoms with Crippen LogP contribution in [0.15, 0.2) is 60.5 Å². The average molecular weight is 429 g/mol. The van der Waals surface area contributed by atoms with Gasteiger partial charge in [-0.3, -0.25) is 9.59 Å². The van der Waals surface area contributed by atoms with Crippen LogP contribution in [0.25, 0.3) is 6.08 Å². The molecule has 3 aromatic rings. The maximum atomic E-state index is 13.1. The molecule has 2 aromatic carbocycles. The molecule has 3 heterocycles. The summed E-state index contributed by atoms with van der Waals surface area (Å²) in [6.45, 7) is 0. The molecular formula is C25H19NO6. The summed E-state index contributed by atoms with van der Waals surface area (Å²) in [6, 6.07) is 14.4. The Morgan fingerprint density at radius 1 is 1.09 bits per heavy atom. The number of aromatic nitrogens is 1. The van der Waals surface area contributed by atoms with Gasteiger partial charge in [0, 0.05) is 28.8 Å². The molecule has 2 aliphatic heterocycles. The Labute approximate surface area is 184 Å². The topological polar surface area (TPSA) is 84.0 Å². The summed E-state index contributed by atoms with van der Waals surface area (Å²) in [5, 5.41) is 0. The molecule has 1 aromatic heterocycles. The number of fused-ring (bicyclic) bond motifs is 4. The predicted molar refractivity (Wildman–Crippen MR) is 115 cm³/mol. The van der Waals surface area contributed by atoms with Gasteiger partial charge in [0.25, 0.3) is 0 Å². The fraction of sp³-hybridized carbons (Fsp3) is 0.160. The largest absolute Gasteiger partial charge is 0.496 e. The van der Waals surface area contributed by atoms with Gasteiger partial charge in [-0.15, -0.1) is 0 Å². The van der Waals surface area contributed by atoms with Crippen molar-refractivity contribution < 1.29 is 28.5 Å². The Morgan fingerprint density at radius 2 is 1.94 bits per heavy atom. The third-order valence-electron chi connectivity index (χ3n) is 5.59. The van der Waals surface area contributed by atoms with E-state index in [0.29, 0.717) is 34.3 Å². The minimum Gasteiger partial charge on any atom is -0.496 e. The maximum absolute atomic E-state index is 13.1. The highest BCUT2D eigenvalue weighted by Crippen LogP contribution is 2.52. The number of allylic oxidation sites excluding steroid dienone is 1. The Bertz CT molecular complexity index is 1280. The van der Waals surface area contributed by atoms with E-state index >= 15 is 0 Å². The van der Waals surface area contributed by atoms with E-state index in [1.54, 1.807) is 37.6 Å². The molecule has 1 atom stereocenters. The van der Waals surface area contributed by atoms with Crippen LogP contribution in [0, 0.1) is 0 Å². The second-order valence-electron chi connectivity index (χ2n) is 7.37. The molecule has 0 amide bonds. The zero-order valence-corrected chi connectivity index (χ0v) is 17.5. The maximum Gasteiger partial charge on any atom is 0.306 e. The van der Waals surface area contributed by atoms with Gasteiger partial charge in [0.05, 0.1) is 26.2 Å². The first-order valence-electron chi connectivity index (χ1n) is 10.0. The standard InChI is InChI=1S/C25H19NO6/c1-29-18-8-4-3-6-14(18)12-20-23(28)16-9-10-19-22(24(16)31-20)17(13-21(27)30-2)15-7-5-11-26-25(15)32-19/h3-12,17H,13H2,1-2H3/b20-12-. The van der Waals surface area contributed by atoms with Crippen molar-refractivity contribution in [3.63, 3.8) is 0 Å². The van der Waals surface area contributed by atoms with Gasteiger partial charge in [0.2, 0.25) is 11.7 Å². The Balaban J connectivity index is 1.62. The summed E-state index contributed by atoms with van der Waals surface area (Å²) in [7, 11) is 2.91. The van der Waals surface area contributed by atoms with Gasteiger partial charge in [-0.05, 0) is 30.3 Å². The number of hydrogen-bond acceptors (Lipinski definition) is 7. The Hall–Kier alpha value is -4.13. The summed E-state index contributed by atoms with van der Waals surface area (Å²) < 4.78 is 22.4. The van der Waals surface area contributed by atoms with Gasteiger partial charge in [-0.25, -0.2) is 4.98 Å². The lowest BCUT2D eigenvalue weighted by atomic mass is 9.85. The summed E-state index contributed by atoms with van der Waals surface area (Å²) in [6.07, 6.45) is 3.34. The van der Waals surface area contributed by atoms with E-state index in [0.717, 1.165) is 11.1 Å². The lowest BCUT2D eigenvalue weighted by Gasteiger charge is -2.27. The molecular weight excluding hydrogens is 410 g/mol. The highest BCUT2D eigenvalue weighted by atomic mass is 16.5. The molecule has 0 N–H and O–H groups in total. The average Bonchev–Trinajstić information content (AvgIpc) is 3.14. The number of methoxy groups -OCH3 is 2. The van der Waals surface area contributed by atoms with Crippen LogP contribution < -0.4 is 14.2 Å². The zero-order valence-electron chi connectivity index (χ0n) is 17.5. The van der Waals surface area contributed by atoms with Gasteiger partial charge in [-0.2, -0.15) is 0 Å². The highest BCUT2D eigenvalue weighted by Gasteiger charge is 2.39. The van der Waals surface area contributed by atoms with Crippen LogP contribution in [0.2, 0.25) is 0 Å². The molecule has 2 aliphatic rings. The number of benzene rings is 2. The summed E-state index contributed by atoms with van der Waals surface area (Å²) in [4.78, 5) is 29.7. The molecule has 32 heavy (non-hydrogen) atoms. The Morgan fingerprint density at radius 3 is 2.75 bits per heavy atom. The summed E-state index contributed by atoms with van der Waals surface area (Å²) >= 11 is 0. The van der Waals surface area contributed by atoms with Crippen LogP contribution in [0.1, 0.15) is 39.4 Å². The lowest BCUT2D eigenvalue weighted by molar-refractivity contribution is -0.140. The fourth-order valence-corrected chi connectivity index (χ4v) is 4.08. The van der Waals surface area contributed by atoms with Crippen molar-refractivity contribution in [1.82, 2.24) is 4.98 Å². The molecule has 1 unspecified atom stereocenters. The number of ether oxygens (including phenoxy) is 4. The van der Waals surface area contributed by atoms with Gasteiger partial charge in [0.15, 0.2) is 5.76 Å². The van der Waals surface area contributed by atoms with E-state index in [-0.39, 0.29) is 23.9 Å². The van der Waals surface area contributed by atoms with Crippen molar-refractivity contribution in [1.29, 1.82) is 0 Å². The minimum atomic E-state index is -0.428. The van der Waals surface area contributed by atoms with Crippen LogP contribution in [0.5, 0.6) is 23.1 Å². The molecule has 0 fully saturated rings. The molecule has 0 spiro atoms. The van der Waals surface area contributed by atoms with Crippen LogP contribution in [-0.2, 0) is 9.53 Å². The minimum absolute atomic E-state index is 0.0606. The number of ketones is 1. The number of nitrogens with zero attached hydrogens (tertiary/aromatic N) is 1. The molecule has 0 saturated heterocycles. The molecule has 160 valence electrons. The Kier molecular flexibility index (Phi) is 4.86. The quantitative estimate of drug-likeness (QED) is 0.446. The first kappa shape index (κ1) is 19.8. The number of rotatable bonds is 4. The van der Waals surface area contributed by atoms with Crippen LogP contribution in [0.4, 0.5) is 0 Å². The molecule has 0 saturated carbocycles. The fourth-order valence-electron chi connectivity index (χ4n) is 4.08. The lowest BCUT2D eigenvalue weighted by Crippen LogP contribution is -2.16. The predicted octanol–water partition coefficient (Wildman–Crippen LogP) is 4.51. The van der Waals surface area contributed by atoms with E-state index in [1.807, 2.05) is 30.3 Å². The molecule has 7 heteroatoms. The monoisotopic (exact) mass is 429 g/mol. The van der Waals surface area contributed by atoms with Gasteiger partial charge in [-0.1, -0.05) is 24.3 Å². The van der Waals surface area contributed by atoms with E-state index < -0.39 is 5.92 Å². The third kappa shape index (κ3) is 3.19. The molecule has 0 bridgehead atoms. The molecule has 7 nitrogen and oxygen atoms in total. The smallest absolute Gasteiger partial charge is 0.306 e. The first-order valence-corrected chi connectivity index (χ1v) is 10.0. The number of Topliss-reactive ketones (excluding diaryl/α,β-unsaturated/α-hetero) is 1. The SMILES string of the molecule is COC(=O)CC1c2cccnc2Oc2ccc3c(c21)O/C(=C\c1ccccc1OC)C3=O. The molecule has 5 rings (SSSR count). The number of carbonyl (C=O) groups excluding carboxylic acids is 2. The van der Waals surface area contributed by atoms with E-state index in [2.05, 4.69) is 4.98 Å². The second-order valence-corrected chi connectivity index (χ2v) is 7.37. The molecule has 0 radical (unpaired) electrons. The normalized spacial score (nSPS) is 17.0. The third-order valence-corrected chi connectivity index (χ3v) is 5.59. The van der Waals surface area contributed by atoms with E-state index in [4.69, 9.17) is 18.9 Å². The van der Waals surface area contributed by atoms with Crippen LogP contribution in [0.3, 0.4) is 0 Å². The second kappa shape index (κ2) is 7.85. The highest BCUT2D eigenvalue weighted by molar-refractivity contribution is 6.15. The zero-order chi connectivity index (χ0) is 22.2. The van der Waals surface area contributed by atoms with Crippen LogP contribution in [-0.4, -0.2) is 31.0 Å². The van der Waals surface area contributed by atoms with E-state index in [1.165, 1.54) is 7.11 Å². The summed E-state index contributed by atoms with van der Waals surface area (Å²) in [5.41, 5.74) is 2.50. The van der Waals surface area contributed by atoms with Crippen molar-refractivity contribution in [3.05, 3.63) is 82.7 Å². The van der Waals surface area contributed by atoms with Crippen LogP contribution >= 0.6 is 0 Å². The van der Waals surface area contributed by atoms with Gasteiger partial charge < -0.3 is 18.9 Å². The number of pyridine rings is 1. The number of esters is 1. The number of carbonyl (C=O) groups is 2. The van der Waals surface area contributed by atoms with Crippen molar-refractivity contribution in [2.75, 3.05) is 14.2 Å². The molecule has 0 aliphatic carbocycles. The number of para-hydroxylation sites is 1. The van der Waals surface area contributed by atoms with Gasteiger partial charge in [0.1, 0.15) is 17.2 Å². The first-order chi connectivity index (χ1) is 15.6. The van der Waals surface area contributed by atoms with Gasteiger partial charge >= 0.3 is 5.97 Å². The number of hydrogen-bond donors (Lipinski definition) is 0.